The average Bonchev–Trinajstić information content (AvgIpc) is 3.29. The van der Waals surface area contributed by atoms with Crippen LogP contribution in [0.5, 0.6) is 11.5 Å². The van der Waals surface area contributed by atoms with Crippen molar-refractivity contribution in [2.45, 2.75) is 11.8 Å². The number of nitrogens with one attached hydrogen (secondary N) is 1. The molecule has 0 aliphatic carbocycles. The minimum atomic E-state index is -0.0674. The van der Waals surface area contributed by atoms with Crippen LogP contribution in [0.15, 0.2) is 52.7 Å². The monoisotopic (exact) mass is 384 g/mol. The number of benzene rings is 2. The number of rotatable bonds is 5. The topological polar surface area (TPSA) is 60.5 Å². The highest BCUT2D eigenvalue weighted by molar-refractivity contribution is 8.00. The molecule has 7 heteroatoms. The molecule has 5 nitrogen and oxygen atoms in total. The number of thioether (sulfide) groups is 1. The van der Waals surface area contributed by atoms with Gasteiger partial charge in [-0.2, -0.15) is 0 Å². The largest absolute Gasteiger partial charge is 0.454 e. The first-order valence-corrected chi connectivity index (χ1v) is 9.89. The van der Waals surface area contributed by atoms with Gasteiger partial charge in [0.25, 0.3) is 0 Å². The van der Waals surface area contributed by atoms with Crippen LogP contribution in [-0.4, -0.2) is 23.4 Å². The Hall–Kier alpha value is -2.51. The van der Waals surface area contributed by atoms with Crippen molar-refractivity contribution < 1.29 is 14.3 Å². The van der Waals surface area contributed by atoms with Gasteiger partial charge in [0, 0.05) is 15.8 Å². The third-order valence-electron chi connectivity index (χ3n) is 3.81. The van der Waals surface area contributed by atoms with E-state index < -0.39 is 0 Å². The fraction of sp³-hybridized carbons (Fsp3) is 0.158. The van der Waals surface area contributed by atoms with E-state index in [1.165, 1.54) is 28.7 Å². The van der Waals surface area contributed by atoms with Crippen molar-refractivity contribution in [2.24, 2.45) is 0 Å². The van der Waals surface area contributed by atoms with Crippen molar-refractivity contribution in [3.05, 3.63) is 53.4 Å². The summed E-state index contributed by atoms with van der Waals surface area (Å²) in [5.41, 5.74) is 2.94. The summed E-state index contributed by atoms with van der Waals surface area (Å²) in [5.74, 6) is 1.74. The summed E-state index contributed by atoms with van der Waals surface area (Å²) in [7, 11) is 0. The number of anilines is 1. The van der Waals surface area contributed by atoms with Crippen molar-refractivity contribution in [3.8, 4) is 22.8 Å². The van der Waals surface area contributed by atoms with E-state index >= 15 is 0 Å². The molecule has 1 aliphatic rings. The molecule has 4 rings (SSSR count). The number of amides is 1. The van der Waals surface area contributed by atoms with E-state index in [1.54, 1.807) is 0 Å². The number of carbonyl (C=O) groups excluding carboxylic acids is 1. The number of nitrogens with zero attached hydrogens (tertiary/aromatic N) is 1. The van der Waals surface area contributed by atoms with Crippen molar-refractivity contribution in [2.75, 3.05) is 17.9 Å². The molecular formula is C19H16N2O3S2. The molecule has 0 unspecified atom stereocenters. The Morgan fingerprint density at radius 3 is 2.85 bits per heavy atom. The first-order valence-electron chi connectivity index (χ1n) is 8.02. The van der Waals surface area contributed by atoms with Crippen LogP contribution in [0.1, 0.15) is 5.56 Å². The Balaban J connectivity index is 1.37. The third-order valence-corrected chi connectivity index (χ3v) is 5.58. The first-order chi connectivity index (χ1) is 12.7. The Labute approximate surface area is 159 Å². The van der Waals surface area contributed by atoms with Gasteiger partial charge in [-0.05, 0) is 37.3 Å². The number of hydrogen-bond donors (Lipinski definition) is 1. The maximum atomic E-state index is 12.2. The molecule has 1 N–H and O–H groups in total. The van der Waals surface area contributed by atoms with E-state index in [-0.39, 0.29) is 12.7 Å². The van der Waals surface area contributed by atoms with Crippen LogP contribution in [0.25, 0.3) is 11.3 Å². The fourth-order valence-electron chi connectivity index (χ4n) is 2.46. The Morgan fingerprint density at radius 2 is 2.00 bits per heavy atom. The second-order valence-corrected chi connectivity index (χ2v) is 7.66. The molecule has 1 aliphatic heterocycles. The number of ether oxygens (including phenoxy) is 2. The summed E-state index contributed by atoms with van der Waals surface area (Å²) >= 11 is 2.91. The summed E-state index contributed by atoms with van der Waals surface area (Å²) in [6.45, 7) is 2.29. The van der Waals surface area contributed by atoms with E-state index in [9.17, 15) is 4.79 Å². The SMILES string of the molecule is Cc1ccc(SCC(=O)Nc2nc(-c3ccc4c(c3)OCO4)cs2)cc1. The lowest BCUT2D eigenvalue weighted by molar-refractivity contribution is -0.113. The van der Waals surface area contributed by atoms with Crippen LogP contribution in [0.3, 0.4) is 0 Å². The molecule has 0 fully saturated rings. The van der Waals surface area contributed by atoms with Gasteiger partial charge in [0.05, 0.1) is 11.4 Å². The van der Waals surface area contributed by atoms with Crippen LogP contribution in [0.2, 0.25) is 0 Å². The van der Waals surface area contributed by atoms with Gasteiger partial charge in [-0.1, -0.05) is 17.7 Å². The van der Waals surface area contributed by atoms with Gasteiger partial charge in [0.15, 0.2) is 16.6 Å². The lowest BCUT2D eigenvalue weighted by Crippen LogP contribution is -2.13. The van der Waals surface area contributed by atoms with Crippen molar-refractivity contribution in [3.63, 3.8) is 0 Å². The van der Waals surface area contributed by atoms with Gasteiger partial charge in [-0.25, -0.2) is 4.98 Å². The van der Waals surface area contributed by atoms with E-state index in [4.69, 9.17) is 9.47 Å². The summed E-state index contributed by atoms with van der Waals surface area (Å²) in [6.07, 6.45) is 0. The Kier molecular flexibility index (Phi) is 4.81. The smallest absolute Gasteiger partial charge is 0.236 e. The average molecular weight is 384 g/mol. The number of hydrogen-bond acceptors (Lipinski definition) is 6. The van der Waals surface area contributed by atoms with E-state index in [0.717, 1.165) is 27.7 Å². The molecule has 26 heavy (non-hydrogen) atoms. The lowest BCUT2D eigenvalue weighted by Gasteiger charge is -2.03. The van der Waals surface area contributed by atoms with Gasteiger partial charge in [-0.15, -0.1) is 23.1 Å². The summed E-state index contributed by atoms with van der Waals surface area (Å²) in [4.78, 5) is 17.7. The maximum absolute atomic E-state index is 12.2. The molecule has 0 atom stereocenters. The van der Waals surface area contributed by atoms with Crippen LogP contribution < -0.4 is 14.8 Å². The predicted octanol–water partition coefficient (Wildman–Crippen LogP) is 4.58. The van der Waals surface area contributed by atoms with Crippen molar-refractivity contribution >= 4 is 34.1 Å². The number of thiazole rings is 1. The molecule has 0 saturated carbocycles. The highest BCUT2D eigenvalue weighted by atomic mass is 32.2. The zero-order valence-corrected chi connectivity index (χ0v) is 15.7. The van der Waals surface area contributed by atoms with Crippen LogP contribution >= 0.6 is 23.1 Å². The normalized spacial score (nSPS) is 12.2. The van der Waals surface area contributed by atoms with Crippen LogP contribution in [0.4, 0.5) is 5.13 Å². The maximum Gasteiger partial charge on any atom is 0.236 e. The molecule has 1 amide bonds. The zero-order valence-electron chi connectivity index (χ0n) is 14.0. The summed E-state index contributed by atoms with van der Waals surface area (Å²) in [5, 5.41) is 5.36. The molecular weight excluding hydrogens is 368 g/mol. The number of fused-ring (bicyclic) bond motifs is 1. The second kappa shape index (κ2) is 7.39. The standard InChI is InChI=1S/C19H16N2O3S2/c1-12-2-5-14(6-3-12)25-10-18(22)21-19-20-15(9-26-19)13-4-7-16-17(8-13)24-11-23-16/h2-9H,10-11H2,1H3,(H,20,21,22). The van der Waals surface area contributed by atoms with Crippen molar-refractivity contribution in [1.29, 1.82) is 0 Å². The highest BCUT2D eigenvalue weighted by Gasteiger charge is 2.15. The lowest BCUT2D eigenvalue weighted by atomic mass is 10.1. The molecule has 1 aromatic heterocycles. The quantitative estimate of drug-likeness (QED) is 0.653. The minimum absolute atomic E-state index is 0.0674. The van der Waals surface area contributed by atoms with Gasteiger partial charge in [0.2, 0.25) is 12.7 Å². The Bertz CT molecular complexity index is 938. The van der Waals surface area contributed by atoms with Crippen molar-refractivity contribution in [1.82, 2.24) is 4.98 Å². The van der Waals surface area contributed by atoms with Gasteiger partial charge in [-0.3, -0.25) is 4.79 Å². The molecule has 132 valence electrons. The predicted molar refractivity (Wildman–Crippen MR) is 104 cm³/mol. The Morgan fingerprint density at radius 1 is 1.19 bits per heavy atom. The first kappa shape index (κ1) is 16.9. The number of carbonyl (C=O) groups is 1. The number of aryl methyl sites for hydroxylation is 1. The molecule has 0 bridgehead atoms. The summed E-state index contributed by atoms with van der Waals surface area (Å²) < 4.78 is 10.7. The van der Waals surface area contributed by atoms with Crippen LogP contribution in [0, 0.1) is 6.92 Å². The zero-order chi connectivity index (χ0) is 17.9. The highest BCUT2D eigenvalue weighted by Crippen LogP contribution is 2.36. The summed E-state index contributed by atoms with van der Waals surface area (Å²) in [6, 6.07) is 13.8. The minimum Gasteiger partial charge on any atom is -0.454 e. The molecule has 0 radical (unpaired) electrons. The molecule has 0 saturated heterocycles. The van der Waals surface area contributed by atoms with E-state index in [2.05, 4.69) is 10.3 Å². The molecule has 3 aromatic rings. The van der Waals surface area contributed by atoms with Gasteiger partial charge in [0.1, 0.15) is 0 Å². The van der Waals surface area contributed by atoms with E-state index in [0.29, 0.717) is 10.9 Å². The fourth-order valence-corrected chi connectivity index (χ4v) is 3.89. The third kappa shape index (κ3) is 3.84. The number of aromatic nitrogens is 1. The second-order valence-electron chi connectivity index (χ2n) is 5.76. The van der Waals surface area contributed by atoms with E-state index in [1.807, 2.05) is 54.8 Å². The van der Waals surface area contributed by atoms with Gasteiger partial charge >= 0.3 is 0 Å². The molecule has 2 aromatic carbocycles. The van der Waals surface area contributed by atoms with Gasteiger partial charge < -0.3 is 14.8 Å². The molecule has 0 spiro atoms. The molecule has 2 heterocycles. The van der Waals surface area contributed by atoms with Crippen LogP contribution in [-0.2, 0) is 4.79 Å².